The average molecular weight is 682 g/mol. The molecule has 1 nitrogen and oxygen atoms in total. The van der Waals surface area contributed by atoms with Crippen LogP contribution in [0.25, 0.3) is 27.5 Å². The fourth-order valence-electron chi connectivity index (χ4n) is 9.76. The highest BCUT2D eigenvalue weighted by Gasteiger charge is 2.49. The van der Waals surface area contributed by atoms with Gasteiger partial charge < -0.3 is 4.57 Å². The molecule has 3 aliphatic rings. The summed E-state index contributed by atoms with van der Waals surface area (Å²) < 4.78 is 38.0. The van der Waals surface area contributed by atoms with Gasteiger partial charge in [0.15, 0.2) is 8.07 Å². The Morgan fingerprint density at radius 2 is 0.923 bits per heavy atom. The molecule has 0 radical (unpaired) electrons. The zero-order chi connectivity index (χ0) is 37.7. The molecule has 0 aliphatic heterocycles. The molecule has 9 aromatic rings. The van der Waals surface area contributed by atoms with E-state index in [1.54, 1.807) is 0 Å². The van der Waals surface area contributed by atoms with Crippen molar-refractivity contribution in [3.63, 3.8) is 0 Å². The summed E-state index contributed by atoms with van der Waals surface area (Å²) in [6.07, 6.45) is 0. The third kappa shape index (κ3) is 3.93. The zero-order valence-corrected chi connectivity index (χ0v) is 29.3. The lowest BCUT2D eigenvalue weighted by atomic mass is 9.60. The van der Waals surface area contributed by atoms with E-state index in [0.29, 0.717) is 10.9 Å². The van der Waals surface area contributed by atoms with Gasteiger partial charge in [-0.1, -0.05) is 182 Å². The van der Waals surface area contributed by atoms with Crippen molar-refractivity contribution in [2.45, 2.75) is 11.8 Å². The van der Waals surface area contributed by atoms with Crippen LogP contribution in [0.3, 0.4) is 0 Å². The van der Waals surface area contributed by atoms with E-state index < -0.39 is 8.07 Å². The van der Waals surface area contributed by atoms with Gasteiger partial charge in [0.05, 0.1) is 22.2 Å². The van der Waals surface area contributed by atoms with Crippen molar-refractivity contribution >= 4 is 50.6 Å². The van der Waals surface area contributed by atoms with Crippen molar-refractivity contribution in [3.8, 4) is 5.69 Å². The molecule has 0 saturated carbocycles. The number of nitrogens with zero attached hydrogens (tertiary/aromatic N) is 1. The van der Waals surface area contributed by atoms with E-state index in [2.05, 4.69) is 156 Å². The molecule has 0 spiro atoms. The first kappa shape index (κ1) is 25.7. The Morgan fingerprint density at radius 1 is 0.404 bits per heavy atom. The van der Waals surface area contributed by atoms with Crippen molar-refractivity contribution < 1.29 is 5.48 Å². The van der Waals surface area contributed by atoms with E-state index in [-0.39, 0.29) is 36.0 Å². The number of hydrogen-bond acceptors (Lipinski definition) is 0. The van der Waals surface area contributed by atoms with Crippen molar-refractivity contribution in [1.29, 1.82) is 0 Å². The second-order valence-electron chi connectivity index (χ2n) is 14.0. The van der Waals surface area contributed by atoms with Gasteiger partial charge in [0, 0.05) is 22.6 Å². The van der Waals surface area contributed by atoms with Gasteiger partial charge in [0.1, 0.15) is 0 Å². The Bertz CT molecular complexity index is 2930. The summed E-state index contributed by atoms with van der Waals surface area (Å²) in [5, 5.41) is 6.72. The quantitative estimate of drug-likeness (QED) is 0.126. The topological polar surface area (TPSA) is 4.93 Å². The van der Waals surface area contributed by atoms with Crippen LogP contribution in [0.2, 0.25) is 0 Å². The first-order chi connectivity index (χ1) is 27.5. The Kier molecular flexibility index (Phi) is 5.63. The number of rotatable bonds is 5. The van der Waals surface area contributed by atoms with Crippen LogP contribution in [0.4, 0.5) is 0 Å². The Labute approximate surface area is 310 Å². The van der Waals surface area contributed by atoms with Gasteiger partial charge >= 0.3 is 0 Å². The highest BCUT2D eigenvalue weighted by atomic mass is 28.3. The molecule has 2 atom stereocenters. The van der Waals surface area contributed by atoms with Crippen LogP contribution >= 0.6 is 0 Å². The van der Waals surface area contributed by atoms with Crippen molar-refractivity contribution in [3.05, 3.63) is 233 Å². The second-order valence-corrected chi connectivity index (χ2v) is 17.8. The molecule has 2 bridgehead atoms. The molecule has 2 unspecified atom stereocenters. The Balaban J connectivity index is 1.30. The minimum Gasteiger partial charge on any atom is -0.309 e. The molecule has 8 aromatic carbocycles. The molecule has 3 aliphatic carbocycles. The van der Waals surface area contributed by atoms with Gasteiger partial charge in [-0.3, -0.25) is 0 Å². The summed E-state index contributed by atoms with van der Waals surface area (Å²) in [7, 11) is -2.97. The van der Waals surface area contributed by atoms with Gasteiger partial charge in [-0.2, -0.15) is 0 Å². The van der Waals surface area contributed by atoms with E-state index in [9.17, 15) is 1.37 Å². The number of hydrogen-bond donors (Lipinski definition) is 0. The van der Waals surface area contributed by atoms with Crippen LogP contribution in [-0.2, 0) is 0 Å². The predicted molar refractivity (Wildman–Crippen MR) is 219 cm³/mol. The van der Waals surface area contributed by atoms with Gasteiger partial charge in [-0.25, -0.2) is 0 Å². The molecule has 0 saturated heterocycles. The highest BCUT2D eigenvalue weighted by molar-refractivity contribution is 7.20. The predicted octanol–water partition coefficient (Wildman–Crippen LogP) is 9.15. The lowest BCUT2D eigenvalue weighted by Gasteiger charge is -2.46. The third-order valence-corrected chi connectivity index (χ3v) is 16.5. The lowest BCUT2D eigenvalue weighted by Crippen LogP contribution is -2.75. The van der Waals surface area contributed by atoms with Gasteiger partial charge in [-0.15, -0.1) is 0 Å². The minimum absolute atomic E-state index is 0.00962. The van der Waals surface area contributed by atoms with E-state index in [4.69, 9.17) is 4.11 Å². The van der Waals surface area contributed by atoms with Crippen molar-refractivity contribution in [1.82, 2.24) is 4.57 Å². The molecule has 2 heteroatoms. The van der Waals surface area contributed by atoms with Crippen molar-refractivity contribution in [2.75, 3.05) is 0 Å². The SMILES string of the molecule is [2H]c1c([2H])c([2H])c2c(c1[2H])c1ccccc1n2-c1cccc2c1C1c3ccccc3C2c2cccc([Si](c3ccccc3)(c3ccccc3)c3ccccc3)c21. The summed E-state index contributed by atoms with van der Waals surface area (Å²) >= 11 is 0. The molecular weight excluding hydrogens is 643 g/mol. The molecule has 52 heavy (non-hydrogen) atoms. The fourth-order valence-corrected chi connectivity index (χ4v) is 14.8. The highest BCUT2D eigenvalue weighted by Crippen LogP contribution is 2.57. The first-order valence-electron chi connectivity index (χ1n) is 20.0. The molecular formula is C50H35NSi. The maximum absolute atomic E-state index is 9.32. The van der Waals surface area contributed by atoms with Crippen LogP contribution < -0.4 is 20.7 Å². The number of benzene rings is 8. The maximum Gasteiger partial charge on any atom is 0.179 e. The molecule has 0 fully saturated rings. The normalized spacial score (nSPS) is 16.8. The average Bonchev–Trinajstić information content (AvgIpc) is 3.61. The van der Waals surface area contributed by atoms with E-state index in [1.807, 2.05) is 24.3 Å². The smallest absolute Gasteiger partial charge is 0.179 e. The molecule has 0 amide bonds. The van der Waals surface area contributed by atoms with Crippen LogP contribution in [0.1, 0.15) is 50.7 Å². The van der Waals surface area contributed by atoms with E-state index in [1.165, 1.54) is 54.1 Å². The van der Waals surface area contributed by atoms with Gasteiger partial charge in [0.25, 0.3) is 0 Å². The number of para-hydroxylation sites is 2. The fraction of sp³-hybridized carbons (Fsp3) is 0.0400. The summed E-state index contributed by atoms with van der Waals surface area (Å²) in [6, 6.07) is 63.4. The molecule has 1 aromatic heterocycles. The van der Waals surface area contributed by atoms with Gasteiger partial charge in [0.2, 0.25) is 0 Å². The summed E-state index contributed by atoms with van der Waals surface area (Å²) in [4.78, 5) is 0. The molecule has 244 valence electrons. The summed E-state index contributed by atoms with van der Waals surface area (Å²) in [5.41, 5.74) is 10.1. The first-order valence-corrected chi connectivity index (χ1v) is 20.0. The van der Waals surface area contributed by atoms with Crippen molar-refractivity contribution in [2.24, 2.45) is 0 Å². The van der Waals surface area contributed by atoms with E-state index in [0.717, 1.165) is 16.6 Å². The molecule has 1 heterocycles. The lowest BCUT2D eigenvalue weighted by molar-refractivity contribution is 0.752. The standard InChI is InChI=1S/C50H35NSi/c1-4-18-34(19-5-1)52(35-20-6-2-7-21-35,36-22-8-3-9-23-36)46-33-17-29-42-47-39-26-10-11-27-40(39)50(49(42)46)48-41(47)28-16-32-45(48)51-43-30-14-12-24-37(43)38-25-13-15-31-44(38)51/h1-33,47,50H/i12D,14D,24D,30D. The molecule has 0 N–H and O–H groups in total. The summed E-state index contributed by atoms with van der Waals surface area (Å²) in [5.74, 6) is -0.152. The Hall–Kier alpha value is -6.22. The third-order valence-electron chi connectivity index (χ3n) is 11.6. The largest absolute Gasteiger partial charge is 0.309 e. The van der Waals surface area contributed by atoms with Crippen LogP contribution in [0.15, 0.2) is 200 Å². The zero-order valence-electron chi connectivity index (χ0n) is 32.3. The number of aromatic nitrogens is 1. The molecule has 12 rings (SSSR count). The monoisotopic (exact) mass is 681 g/mol. The Morgan fingerprint density at radius 3 is 1.60 bits per heavy atom. The van der Waals surface area contributed by atoms with E-state index >= 15 is 0 Å². The van der Waals surface area contributed by atoms with Gasteiger partial charge in [-0.05, 0) is 72.3 Å². The number of fused-ring (bicyclic) bond motifs is 3. The second kappa shape index (κ2) is 11.4. The maximum atomic E-state index is 9.32. The van der Waals surface area contributed by atoms with Crippen LogP contribution in [0.5, 0.6) is 0 Å². The van der Waals surface area contributed by atoms with Crippen LogP contribution in [0, 0.1) is 0 Å². The minimum atomic E-state index is -2.97. The van der Waals surface area contributed by atoms with Crippen LogP contribution in [-0.4, -0.2) is 12.6 Å². The summed E-state index contributed by atoms with van der Waals surface area (Å²) in [6.45, 7) is 0.